The van der Waals surface area contributed by atoms with E-state index in [0.29, 0.717) is 11.3 Å². The molecule has 0 radical (unpaired) electrons. The van der Waals surface area contributed by atoms with Gasteiger partial charge in [-0.05, 0) is 60.8 Å². The normalized spacial score (nSPS) is 19.7. The van der Waals surface area contributed by atoms with Crippen LogP contribution in [0.25, 0.3) is 0 Å². The van der Waals surface area contributed by atoms with Gasteiger partial charge in [-0.2, -0.15) is 5.26 Å². The molecule has 19 heavy (non-hydrogen) atoms. The summed E-state index contributed by atoms with van der Waals surface area (Å²) in [5, 5.41) is 8.79. The molecule has 0 unspecified atom stereocenters. The molecule has 3 rings (SSSR count). The van der Waals surface area contributed by atoms with E-state index in [-0.39, 0.29) is 11.2 Å². The van der Waals surface area contributed by atoms with Gasteiger partial charge in [-0.1, -0.05) is 6.07 Å². The van der Waals surface area contributed by atoms with Crippen LogP contribution in [0.1, 0.15) is 36.8 Å². The van der Waals surface area contributed by atoms with Crippen LogP contribution in [0.3, 0.4) is 0 Å². The number of benzene rings is 1. The van der Waals surface area contributed by atoms with E-state index in [9.17, 15) is 8.42 Å². The van der Waals surface area contributed by atoms with E-state index < -0.39 is 9.84 Å². The van der Waals surface area contributed by atoms with E-state index in [1.807, 2.05) is 12.1 Å². The fourth-order valence-corrected chi connectivity index (χ4v) is 4.91. The van der Waals surface area contributed by atoms with Gasteiger partial charge in [0.15, 0.2) is 9.84 Å². The molecule has 0 heterocycles. The van der Waals surface area contributed by atoms with Crippen molar-refractivity contribution >= 4 is 9.84 Å². The summed E-state index contributed by atoms with van der Waals surface area (Å²) in [5.74, 6) is 0.131. The maximum atomic E-state index is 12.5. The van der Waals surface area contributed by atoms with E-state index >= 15 is 0 Å². The lowest BCUT2D eigenvalue weighted by Gasteiger charge is -2.12. The SMILES string of the molecule is N#CCC1(CS(=O)(=O)c2ccc3c(c2)CCC3)CC1. The van der Waals surface area contributed by atoms with Crippen LogP contribution >= 0.6 is 0 Å². The molecule has 0 atom stereocenters. The van der Waals surface area contributed by atoms with Gasteiger partial charge in [0.05, 0.1) is 16.7 Å². The molecule has 1 fully saturated rings. The van der Waals surface area contributed by atoms with Crippen LogP contribution in [0.4, 0.5) is 0 Å². The number of sulfone groups is 1. The van der Waals surface area contributed by atoms with Crippen molar-refractivity contribution in [3.8, 4) is 6.07 Å². The summed E-state index contributed by atoms with van der Waals surface area (Å²) >= 11 is 0. The van der Waals surface area contributed by atoms with Crippen molar-refractivity contribution in [1.29, 1.82) is 5.26 Å². The van der Waals surface area contributed by atoms with Gasteiger partial charge < -0.3 is 0 Å². The van der Waals surface area contributed by atoms with Crippen molar-refractivity contribution < 1.29 is 8.42 Å². The van der Waals surface area contributed by atoms with E-state index in [1.54, 1.807) is 6.07 Å². The summed E-state index contributed by atoms with van der Waals surface area (Å²) in [7, 11) is -3.25. The lowest BCUT2D eigenvalue weighted by atomic mass is 10.1. The largest absolute Gasteiger partial charge is 0.224 e. The highest BCUT2D eigenvalue weighted by atomic mass is 32.2. The number of nitrogens with zero attached hydrogens (tertiary/aromatic N) is 1. The minimum atomic E-state index is -3.25. The molecule has 2 aliphatic rings. The number of fused-ring (bicyclic) bond motifs is 1. The average molecular weight is 275 g/mol. The van der Waals surface area contributed by atoms with Crippen LogP contribution in [-0.4, -0.2) is 14.2 Å². The zero-order chi connectivity index (χ0) is 13.5. The van der Waals surface area contributed by atoms with Gasteiger partial charge in [0.1, 0.15) is 0 Å². The van der Waals surface area contributed by atoms with Gasteiger partial charge in [0.2, 0.25) is 0 Å². The van der Waals surface area contributed by atoms with Crippen molar-refractivity contribution in [3.63, 3.8) is 0 Å². The van der Waals surface area contributed by atoms with Crippen molar-refractivity contribution in [2.24, 2.45) is 5.41 Å². The minimum absolute atomic E-state index is 0.131. The van der Waals surface area contributed by atoms with E-state index in [4.69, 9.17) is 5.26 Å². The molecule has 0 saturated heterocycles. The topological polar surface area (TPSA) is 57.9 Å². The minimum Gasteiger partial charge on any atom is -0.224 e. The van der Waals surface area contributed by atoms with E-state index in [1.165, 1.54) is 11.1 Å². The molecule has 4 heteroatoms. The third kappa shape index (κ3) is 2.40. The van der Waals surface area contributed by atoms with E-state index in [2.05, 4.69) is 6.07 Å². The summed E-state index contributed by atoms with van der Waals surface area (Å²) < 4.78 is 24.9. The fourth-order valence-electron chi connectivity index (χ4n) is 2.94. The zero-order valence-corrected chi connectivity index (χ0v) is 11.7. The Morgan fingerprint density at radius 1 is 1.21 bits per heavy atom. The summed E-state index contributed by atoms with van der Waals surface area (Å²) in [5.41, 5.74) is 2.22. The molecule has 0 bridgehead atoms. The Morgan fingerprint density at radius 3 is 2.63 bits per heavy atom. The van der Waals surface area contributed by atoms with Crippen LogP contribution in [0, 0.1) is 16.7 Å². The lowest BCUT2D eigenvalue weighted by Crippen LogP contribution is -2.17. The Kier molecular flexibility index (Phi) is 2.90. The first kappa shape index (κ1) is 12.7. The summed E-state index contributed by atoms with van der Waals surface area (Å²) in [6.07, 6.45) is 5.26. The fraction of sp³-hybridized carbons (Fsp3) is 0.533. The predicted molar refractivity (Wildman–Crippen MR) is 72.4 cm³/mol. The molecule has 0 aliphatic heterocycles. The van der Waals surface area contributed by atoms with E-state index in [0.717, 1.165) is 32.1 Å². The second kappa shape index (κ2) is 4.35. The third-order valence-electron chi connectivity index (χ3n) is 4.34. The summed E-state index contributed by atoms with van der Waals surface area (Å²) in [4.78, 5) is 0.442. The first-order chi connectivity index (χ1) is 9.05. The first-order valence-electron chi connectivity index (χ1n) is 6.76. The van der Waals surface area contributed by atoms with Crippen LogP contribution in [0.5, 0.6) is 0 Å². The van der Waals surface area contributed by atoms with Gasteiger partial charge >= 0.3 is 0 Å². The lowest BCUT2D eigenvalue weighted by molar-refractivity contribution is 0.548. The number of aryl methyl sites for hydroxylation is 2. The van der Waals surface area contributed by atoms with Gasteiger partial charge in [-0.25, -0.2) is 8.42 Å². The smallest absolute Gasteiger partial charge is 0.178 e. The highest BCUT2D eigenvalue weighted by Gasteiger charge is 2.46. The van der Waals surface area contributed by atoms with Gasteiger partial charge in [0, 0.05) is 6.42 Å². The highest BCUT2D eigenvalue weighted by molar-refractivity contribution is 7.91. The van der Waals surface area contributed by atoms with Crippen molar-refractivity contribution in [2.45, 2.75) is 43.4 Å². The van der Waals surface area contributed by atoms with Crippen molar-refractivity contribution in [3.05, 3.63) is 29.3 Å². The Bertz CT molecular complexity index is 651. The number of hydrogen-bond donors (Lipinski definition) is 0. The Labute approximate surface area is 114 Å². The molecule has 1 aromatic rings. The summed E-state index contributed by atoms with van der Waals surface area (Å²) in [6, 6.07) is 7.66. The maximum absolute atomic E-state index is 12.5. The molecule has 2 aliphatic carbocycles. The number of nitriles is 1. The molecule has 1 aromatic carbocycles. The molecule has 0 N–H and O–H groups in total. The Morgan fingerprint density at radius 2 is 1.95 bits per heavy atom. The number of hydrogen-bond acceptors (Lipinski definition) is 3. The van der Waals surface area contributed by atoms with Crippen molar-refractivity contribution in [2.75, 3.05) is 5.75 Å². The predicted octanol–water partition coefficient (Wildman–Crippen LogP) is 2.64. The quantitative estimate of drug-likeness (QED) is 0.848. The van der Waals surface area contributed by atoms with Crippen LogP contribution in [0.15, 0.2) is 23.1 Å². The third-order valence-corrected chi connectivity index (χ3v) is 6.30. The second-order valence-corrected chi connectivity index (χ2v) is 7.87. The highest BCUT2D eigenvalue weighted by Crippen LogP contribution is 2.50. The summed E-state index contributed by atoms with van der Waals surface area (Å²) in [6.45, 7) is 0. The molecule has 0 amide bonds. The molecule has 100 valence electrons. The Balaban J connectivity index is 1.87. The molecule has 3 nitrogen and oxygen atoms in total. The van der Waals surface area contributed by atoms with Gasteiger partial charge in [0.25, 0.3) is 0 Å². The molecular formula is C15H17NO2S. The van der Waals surface area contributed by atoms with Crippen LogP contribution < -0.4 is 0 Å². The van der Waals surface area contributed by atoms with Gasteiger partial charge in [-0.15, -0.1) is 0 Å². The Hall–Kier alpha value is -1.34. The van der Waals surface area contributed by atoms with Gasteiger partial charge in [-0.3, -0.25) is 0 Å². The molecule has 0 spiro atoms. The second-order valence-electron chi connectivity index (χ2n) is 5.88. The monoisotopic (exact) mass is 275 g/mol. The standard InChI is InChI=1S/C15H17NO2S/c16-9-8-15(6-7-15)11-19(17,18)14-5-4-12-2-1-3-13(12)10-14/h4-5,10H,1-3,6-8,11H2. The molecular weight excluding hydrogens is 258 g/mol. The average Bonchev–Trinajstić information content (AvgIpc) is 2.93. The first-order valence-corrected chi connectivity index (χ1v) is 8.41. The maximum Gasteiger partial charge on any atom is 0.178 e. The zero-order valence-electron chi connectivity index (χ0n) is 10.9. The molecule has 1 saturated carbocycles. The van der Waals surface area contributed by atoms with Crippen LogP contribution in [0.2, 0.25) is 0 Å². The van der Waals surface area contributed by atoms with Crippen molar-refractivity contribution in [1.82, 2.24) is 0 Å². The molecule has 0 aromatic heterocycles. The number of rotatable bonds is 4. The van der Waals surface area contributed by atoms with Crippen LogP contribution in [-0.2, 0) is 22.7 Å².